The molecule has 10 heteroatoms. The lowest BCUT2D eigenvalue weighted by molar-refractivity contribution is -0.138. The van der Waals surface area contributed by atoms with Crippen LogP contribution in [0.2, 0.25) is 0 Å². The monoisotopic (exact) mass is 389 g/mol. The summed E-state index contributed by atoms with van der Waals surface area (Å²) in [6.07, 6.45) is 5.24. The number of hydrogen-bond donors (Lipinski definition) is 3. The Morgan fingerprint density at radius 2 is 2.00 bits per heavy atom. The quantitative estimate of drug-likeness (QED) is 0.313. The predicted octanol–water partition coefficient (Wildman–Crippen LogP) is 1.01. The summed E-state index contributed by atoms with van der Waals surface area (Å²) in [6.45, 7) is 1.79. The van der Waals surface area contributed by atoms with Crippen molar-refractivity contribution < 1.29 is 18.4 Å². The van der Waals surface area contributed by atoms with Gasteiger partial charge in [-0.15, -0.1) is 0 Å². The molecule has 142 valence electrons. The molecule has 2 aromatic heterocycles. The Kier molecular flexibility index (Phi) is 5.47. The first-order valence-corrected chi connectivity index (χ1v) is 9.58. The van der Waals surface area contributed by atoms with Crippen LogP contribution < -0.4 is 5.48 Å². The van der Waals surface area contributed by atoms with Gasteiger partial charge in [0.25, 0.3) is 0 Å². The molecule has 27 heavy (non-hydrogen) atoms. The van der Waals surface area contributed by atoms with Gasteiger partial charge in [0.15, 0.2) is 0 Å². The van der Waals surface area contributed by atoms with Gasteiger partial charge in [-0.3, -0.25) is 19.7 Å². The van der Waals surface area contributed by atoms with Crippen LogP contribution in [-0.2, 0) is 22.0 Å². The molecule has 9 nitrogen and oxygen atoms in total. The summed E-state index contributed by atoms with van der Waals surface area (Å²) in [4.78, 5) is 20.8. The molecule has 0 aliphatic rings. The van der Waals surface area contributed by atoms with Crippen LogP contribution in [0.1, 0.15) is 13.3 Å². The summed E-state index contributed by atoms with van der Waals surface area (Å²) in [5.41, 5.74) is 3.29. The van der Waals surface area contributed by atoms with Crippen LogP contribution in [0.15, 0.2) is 42.9 Å². The molecule has 3 rings (SSSR count). The molecule has 2 N–H and O–H groups in total. The van der Waals surface area contributed by atoms with E-state index in [4.69, 9.17) is 5.21 Å². The first-order chi connectivity index (χ1) is 12.9. The standard InChI is InChI=1S/C17H19N5O4S/c1-17(11-27(25)26,16(23)21-24)6-7-22-10-12(8-19-22)15-9-18-13-4-2-3-5-14(13)20-15/h2-5,8-10,24,27H,6-7,11H2,1H3,(H,21,23)/t17-/m0/s1. The van der Waals surface area contributed by atoms with Gasteiger partial charge < -0.3 is 0 Å². The van der Waals surface area contributed by atoms with Crippen LogP contribution >= 0.6 is 0 Å². The molecule has 1 amide bonds. The zero-order valence-corrected chi connectivity index (χ0v) is 15.5. The number of carbonyl (C=O) groups excluding carboxylic acids is 1. The van der Waals surface area contributed by atoms with Gasteiger partial charge in [0.2, 0.25) is 5.91 Å². The number of aromatic nitrogens is 4. The van der Waals surface area contributed by atoms with Crippen molar-refractivity contribution in [2.24, 2.45) is 5.41 Å². The minimum absolute atomic E-state index is 0.188. The van der Waals surface area contributed by atoms with Crippen molar-refractivity contribution in [3.63, 3.8) is 0 Å². The highest BCUT2D eigenvalue weighted by Crippen LogP contribution is 2.24. The molecule has 1 atom stereocenters. The molecule has 0 fully saturated rings. The summed E-state index contributed by atoms with van der Waals surface area (Å²) < 4.78 is 23.8. The molecule has 0 aliphatic heterocycles. The van der Waals surface area contributed by atoms with Gasteiger partial charge in [-0.1, -0.05) is 12.1 Å². The van der Waals surface area contributed by atoms with Crippen LogP contribution in [-0.4, -0.2) is 45.0 Å². The Labute approximate surface area is 157 Å². The van der Waals surface area contributed by atoms with Crippen LogP contribution in [0.5, 0.6) is 0 Å². The Hall–Kier alpha value is -2.85. The van der Waals surface area contributed by atoms with E-state index in [0.29, 0.717) is 12.2 Å². The maximum absolute atomic E-state index is 11.9. The molecule has 3 aromatic rings. The number of fused-ring (bicyclic) bond motifs is 1. The predicted molar refractivity (Wildman–Crippen MR) is 98.6 cm³/mol. The van der Waals surface area contributed by atoms with Crippen molar-refractivity contribution in [2.45, 2.75) is 19.9 Å². The second-order valence-corrected chi connectivity index (χ2v) is 7.46. The molecule has 0 aliphatic carbocycles. The lowest BCUT2D eigenvalue weighted by Crippen LogP contribution is -2.41. The molecule has 0 saturated carbocycles. The van der Waals surface area contributed by atoms with Crippen molar-refractivity contribution in [1.29, 1.82) is 0 Å². The van der Waals surface area contributed by atoms with E-state index in [9.17, 15) is 13.2 Å². The van der Waals surface area contributed by atoms with Gasteiger partial charge in [-0.25, -0.2) is 18.9 Å². The van der Waals surface area contributed by atoms with Crippen LogP contribution in [0.25, 0.3) is 22.3 Å². The summed E-state index contributed by atoms with van der Waals surface area (Å²) in [6, 6.07) is 7.53. The molecule has 0 bridgehead atoms. The average molecular weight is 389 g/mol. The highest BCUT2D eigenvalue weighted by molar-refractivity contribution is 7.72. The molecule has 0 radical (unpaired) electrons. The van der Waals surface area contributed by atoms with Gasteiger partial charge >= 0.3 is 0 Å². The average Bonchev–Trinajstić information content (AvgIpc) is 3.14. The normalized spacial score (nSPS) is 13.6. The summed E-state index contributed by atoms with van der Waals surface area (Å²) >= 11 is 0. The smallest absolute Gasteiger partial charge is 0.250 e. The van der Waals surface area contributed by atoms with Gasteiger partial charge in [-0.05, 0) is 25.5 Å². The molecular weight excluding hydrogens is 370 g/mol. The zero-order chi connectivity index (χ0) is 19.4. The van der Waals surface area contributed by atoms with Gasteiger partial charge in [0.1, 0.15) is 10.7 Å². The SMILES string of the molecule is C[C@](CCn1cc(-c2cnc3ccccc3n2)cn1)(C[SH](=O)=O)C(=O)NO. The fraction of sp³-hybridized carbons (Fsp3) is 0.294. The summed E-state index contributed by atoms with van der Waals surface area (Å²) in [5.74, 6) is -1.10. The zero-order valence-electron chi connectivity index (χ0n) is 14.6. The number of nitrogens with one attached hydrogen (secondary N) is 1. The van der Waals surface area contributed by atoms with E-state index in [2.05, 4.69) is 15.1 Å². The number of hydrogen-bond acceptors (Lipinski definition) is 7. The van der Waals surface area contributed by atoms with Crippen LogP contribution in [0.4, 0.5) is 0 Å². The van der Waals surface area contributed by atoms with E-state index in [1.807, 2.05) is 24.3 Å². The molecule has 1 aromatic carbocycles. The van der Waals surface area contributed by atoms with E-state index in [1.165, 1.54) is 6.92 Å². The molecule has 2 heterocycles. The second-order valence-electron chi connectivity index (χ2n) is 6.48. The van der Waals surface area contributed by atoms with E-state index in [0.717, 1.165) is 16.6 Å². The van der Waals surface area contributed by atoms with Gasteiger partial charge in [0.05, 0.1) is 40.3 Å². The molecule has 0 saturated heterocycles. The van der Waals surface area contributed by atoms with Crippen molar-refractivity contribution in [2.75, 3.05) is 5.75 Å². The Balaban J connectivity index is 1.77. The number of hydroxylamine groups is 1. The lowest BCUT2D eigenvalue weighted by atomic mass is 9.88. The Bertz CT molecular complexity index is 1040. The van der Waals surface area contributed by atoms with E-state index in [-0.39, 0.29) is 12.2 Å². The maximum atomic E-state index is 11.9. The van der Waals surface area contributed by atoms with Crippen molar-refractivity contribution in [3.05, 3.63) is 42.9 Å². The van der Waals surface area contributed by atoms with E-state index < -0.39 is 22.0 Å². The highest BCUT2D eigenvalue weighted by Gasteiger charge is 2.34. The number of aryl methyl sites for hydroxylation is 1. The van der Waals surface area contributed by atoms with Crippen molar-refractivity contribution >= 4 is 27.6 Å². The summed E-state index contributed by atoms with van der Waals surface area (Å²) in [7, 11) is -2.77. The fourth-order valence-electron chi connectivity index (χ4n) is 2.76. The van der Waals surface area contributed by atoms with Gasteiger partial charge in [-0.2, -0.15) is 5.10 Å². The number of nitrogens with zero attached hydrogens (tertiary/aromatic N) is 4. The third-order valence-electron chi connectivity index (χ3n) is 4.40. The van der Waals surface area contributed by atoms with Crippen LogP contribution in [0, 0.1) is 5.41 Å². The fourth-order valence-corrected chi connectivity index (χ4v) is 3.63. The first-order valence-electron chi connectivity index (χ1n) is 8.22. The highest BCUT2D eigenvalue weighted by atomic mass is 32.2. The number of amides is 1. The second kappa shape index (κ2) is 7.80. The number of para-hydroxylation sites is 2. The number of thiol groups is 1. The molecule has 0 unspecified atom stereocenters. The number of carbonyl (C=O) groups is 1. The van der Waals surface area contributed by atoms with Crippen molar-refractivity contribution in [1.82, 2.24) is 25.2 Å². The maximum Gasteiger partial charge on any atom is 0.250 e. The third-order valence-corrected chi connectivity index (χ3v) is 5.35. The summed E-state index contributed by atoms with van der Waals surface area (Å²) in [5, 5.41) is 13.1. The lowest BCUT2D eigenvalue weighted by Gasteiger charge is -2.24. The largest absolute Gasteiger partial charge is 0.289 e. The van der Waals surface area contributed by atoms with Crippen molar-refractivity contribution in [3.8, 4) is 11.3 Å². The topological polar surface area (TPSA) is 127 Å². The van der Waals surface area contributed by atoms with Crippen LogP contribution in [0.3, 0.4) is 0 Å². The molecule has 0 spiro atoms. The van der Waals surface area contributed by atoms with Gasteiger partial charge in [0, 0.05) is 18.3 Å². The minimum atomic E-state index is -2.77. The minimum Gasteiger partial charge on any atom is -0.289 e. The number of rotatable bonds is 7. The van der Waals surface area contributed by atoms with E-state index in [1.54, 1.807) is 28.8 Å². The van der Waals surface area contributed by atoms with E-state index >= 15 is 0 Å². The number of benzene rings is 1. The molecular formula is C17H19N5O4S. The third kappa shape index (κ3) is 4.29. The first kappa shape index (κ1) is 18.9. The Morgan fingerprint density at radius 1 is 1.26 bits per heavy atom. The Morgan fingerprint density at radius 3 is 2.70 bits per heavy atom.